The number of alkyl halides is 3. The summed E-state index contributed by atoms with van der Waals surface area (Å²) in [6.45, 7) is 1.17. The number of carbonyl (C=O) groups excluding carboxylic acids is 1. The summed E-state index contributed by atoms with van der Waals surface area (Å²) >= 11 is 0. The Morgan fingerprint density at radius 1 is 1.11 bits per heavy atom. The van der Waals surface area contributed by atoms with Crippen molar-refractivity contribution in [1.29, 1.82) is 0 Å². The third-order valence-electron chi connectivity index (χ3n) is 4.44. The van der Waals surface area contributed by atoms with E-state index >= 15 is 0 Å². The molecule has 2 aromatic carbocycles. The molecule has 0 aliphatic heterocycles. The Labute approximate surface area is 198 Å². The summed E-state index contributed by atoms with van der Waals surface area (Å²) in [5.41, 5.74) is -0.276. The highest BCUT2D eigenvalue weighted by Crippen LogP contribution is 2.32. The van der Waals surface area contributed by atoms with Crippen molar-refractivity contribution >= 4 is 11.6 Å². The van der Waals surface area contributed by atoms with Crippen molar-refractivity contribution in [3.63, 3.8) is 0 Å². The molecule has 35 heavy (non-hydrogen) atoms. The normalized spacial score (nSPS) is 11.0. The van der Waals surface area contributed by atoms with E-state index in [1.54, 1.807) is 7.11 Å². The number of hydrogen-bond donors (Lipinski definition) is 2. The quantitative estimate of drug-likeness (QED) is 0.265. The van der Waals surface area contributed by atoms with Crippen molar-refractivity contribution in [1.82, 2.24) is 9.97 Å². The highest BCUT2D eigenvalue weighted by Gasteiger charge is 2.33. The highest BCUT2D eigenvalue weighted by molar-refractivity contribution is 6.05. The number of amides is 1. The van der Waals surface area contributed by atoms with Crippen LogP contribution < -0.4 is 10.1 Å². The third kappa shape index (κ3) is 7.84. The molecule has 0 saturated carbocycles. The topological polar surface area (TPSA) is 85.5 Å². The largest absolute Gasteiger partial charge is 0.489 e. The van der Waals surface area contributed by atoms with Crippen molar-refractivity contribution in [3.05, 3.63) is 65.7 Å². The zero-order chi connectivity index (χ0) is 25.3. The molecule has 0 spiro atoms. The summed E-state index contributed by atoms with van der Waals surface area (Å²) in [6, 6.07) is 9.80. The predicted octanol–water partition coefficient (Wildman–Crippen LogP) is 4.27. The maximum atomic E-state index is 13.3. The average Bonchev–Trinajstić information content (AvgIpc) is 3.32. The molecule has 184 valence electrons. The molecule has 1 amide bonds. The number of imidazole rings is 1. The summed E-state index contributed by atoms with van der Waals surface area (Å²) in [6.07, 6.45) is -3.90. The lowest BCUT2D eigenvalue weighted by Gasteiger charge is -2.13. The van der Waals surface area contributed by atoms with E-state index in [2.05, 4.69) is 27.1 Å². The maximum Gasteiger partial charge on any atom is 0.432 e. The van der Waals surface area contributed by atoms with Gasteiger partial charge in [0.2, 0.25) is 0 Å². The van der Waals surface area contributed by atoms with Crippen LogP contribution in [-0.4, -0.2) is 49.4 Å². The number of nitrogens with zero attached hydrogens (tertiary/aromatic N) is 1. The molecule has 11 heteroatoms. The second-order valence-corrected chi connectivity index (χ2v) is 7.02. The molecule has 0 aliphatic rings. The van der Waals surface area contributed by atoms with Crippen molar-refractivity contribution in [2.24, 2.45) is 0 Å². The molecule has 2 N–H and O–H groups in total. The molecule has 3 rings (SSSR count). The van der Waals surface area contributed by atoms with Gasteiger partial charge in [0.1, 0.15) is 29.7 Å². The van der Waals surface area contributed by atoms with Crippen LogP contribution in [0.3, 0.4) is 0 Å². The Bertz CT molecular complexity index is 1220. The summed E-state index contributed by atoms with van der Waals surface area (Å²) in [5, 5.41) is 2.55. The molecule has 0 saturated heterocycles. The van der Waals surface area contributed by atoms with Crippen LogP contribution in [0.25, 0.3) is 11.4 Å². The van der Waals surface area contributed by atoms with Crippen LogP contribution in [0.1, 0.15) is 11.3 Å². The summed E-state index contributed by atoms with van der Waals surface area (Å²) in [4.78, 5) is 18.4. The number of nitrogens with one attached hydrogen (secondary N) is 2. The Hall–Kier alpha value is -3.88. The lowest BCUT2D eigenvalue weighted by atomic mass is 10.1. The first-order chi connectivity index (χ1) is 16.8. The van der Waals surface area contributed by atoms with Gasteiger partial charge in [-0.3, -0.25) is 4.79 Å². The van der Waals surface area contributed by atoms with E-state index in [0.29, 0.717) is 25.0 Å². The monoisotopic (exact) mass is 491 g/mol. The van der Waals surface area contributed by atoms with Crippen LogP contribution in [0.15, 0.2) is 48.7 Å². The van der Waals surface area contributed by atoms with Crippen molar-refractivity contribution in [2.75, 3.05) is 38.9 Å². The molecular formula is C24H21F4N3O4. The van der Waals surface area contributed by atoms with Crippen LogP contribution in [-0.2, 0) is 20.4 Å². The fourth-order valence-electron chi connectivity index (χ4n) is 2.82. The second-order valence-electron chi connectivity index (χ2n) is 7.02. The molecule has 0 bridgehead atoms. The van der Waals surface area contributed by atoms with E-state index in [0.717, 1.165) is 0 Å². The zero-order valence-corrected chi connectivity index (χ0v) is 18.5. The first-order valence-corrected chi connectivity index (χ1v) is 10.3. The summed E-state index contributed by atoms with van der Waals surface area (Å²) in [7, 11) is 1.55. The number of anilines is 1. The Morgan fingerprint density at radius 3 is 2.63 bits per heavy atom. The van der Waals surface area contributed by atoms with Crippen molar-refractivity contribution in [3.8, 4) is 29.0 Å². The van der Waals surface area contributed by atoms with Crippen LogP contribution in [0.5, 0.6) is 5.75 Å². The highest BCUT2D eigenvalue weighted by atomic mass is 19.4. The number of ether oxygens (including phenoxy) is 3. The molecular weight excluding hydrogens is 470 g/mol. The Balaban J connectivity index is 1.80. The minimum atomic E-state index is -4.58. The summed E-state index contributed by atoms with van der Waals surface area (Å²) < 4.78 is 68.0. The van der Waals surface area contributed by atoms with E-state index < -0.39 is 23.6 Å². The van der Waals surface area contributed by atoms with Gasteiger partial charge in [-0.15, -0.1) is 0 Å². The predicted molar refractivity (Wildman–Crippen MR) is 119 cm³/mol. The minimum Gasteiger partial charge on any atom is -0.489 e. The van der Waals surface area contributed by atoms with Gasteiger partial charge in [-0.2, -0.15) is 13.2 Å². The van der Waals surface area contributed by atoms with Crippen LogP contribution in [0.2, 0.25) is 0 Å². The molecule has 0 radical (unpaired) electrons. The third-order valence-corrected chi connectivity index (χ3v) is 4.44. The van der Waals surface area contributed by atoms with Crippen molar-refractivity contribution < 1.29 is 36.6 Å². The molecule has 1 heterocycles. The summed E-state index contributed by atoms with van der Waals surface area (Å²) in [5.74, 6) is 3.85. The van der Waals surface area contributed by atoms with Crippen molar-refractivity contribution in [2.45, 2.75) is 6.18 Å². The standard InChI is InChI=1S/C24H21F4N3O4/c1-33-9-10-34-11-12-35-20-7-6-17(23-29-15-21(31-23)24(26,27)28)14-19(20)30-22(32)8-5-16-3-2-4-18(25)13-16/h2-4,6-7,13-15H,9-12H2,1H3,(H,29,31)(H,30,32). The molecule has 0 aliphatic carbocycles. The van der Waals surface area contributed by atoms with Crippen LogP contribution in [0, 0.1) is 17.7 Å². The molecule has 1 aromatic heterocycles. The number of aromatic nitrogens is 2. The van der Waals surface area contributed by atoms with Gasteiger partial charge >= 0.3 is 12.1 Å². The lowest BCUT2D eigenvalue weighted by molar-refractivity contribution is -0.140. The Kier molecular flexibility index (Phi) is 8.83. The van der Waals surface area contributed by atoms with Gasteiger partial charge in [-0.1, -0.05) is 12.0 Å². The van der Waals surface area contributed by atoms with E-state index in [1.807, 2.05) is 0 Å². The minimum absolute atomic E-state index is 0.0480. The first-order valence-electron chi connectivity index (χ1n) is 10.3. The van der Waals surface area contributed by atoms with Gasteiger partial charge in [0.25, 0.3) is 0 Å². The fraction of sp³-hybridized carbons (Fsp3) is 0.250. The fourth-order valence-corrected chi connectivity index (χ4v) is 2.82. The number of carbonyl (C=O) groups is 1. The number of benzene rings is 2. The lowest BCUT2D eigenvalue weighted by Crippen LogP contribution is -2.13. The number of halogens is 4. The smallest absolute Gasteiger partial charge is 0.432 e. The van der Waals surface area contributed by atoms with Crippen LogP contribution >= 0.6 is 0 Å². The Morgan fingerprint density at radius 2 is 1.91 bits per heavy atom. The van der Waals surface area contributed by atoms with Gasteiger partial charge in [0.15, 0.2) is 0 Å². The van der Waals surface area contributed by atoms with Gasteiger partial charge in [-0.05, 0) is 36.4 Å². The molecule has 3 aromatic rings. The average molecular weight is 491 g/mol. The number of rotatable bonds is 9. The van der Waals surface area contributed by atoms with Gasteiger partial charge < -0.3 is 24.5 Å². The van der Waals surface area contributed by atoms with Crippen LogP contribution in [0.4, 0.5) is 23.2 Å². The van der Waals surface area contributed by atoms with E-state index in [1.165, 1.54) is 42.5 Å². The second kappa shape index (κ2) is 12.0. The SMILES string of the molecule is COCCOCCOc1ccc(-c2ncc(C(F)(F)F)[nH]2)cc1NC(=O)C#Cc1cccc(F)c1. The number of hydrogen-bond acceptors (Lipinski definition) is 5. The van der Waals surface area contributed by atoms with E-state index in [-0.39, 0.29) is 36.0 Å². The molecule has 0 unspecified atom stereocenters. The van der Waals surface area contributed by atoms with E-state index in [4.69, 9.17) is 14.2 Å². The number of H-pyrrole nitrogens is 1. The van der Waals surface area contributed by atoms with E-state index in [9.17, 15) is 22.4 Å². The maximum absolute atomic E-state index is 13.3. The molecule has 7 nitrogen and oxygen atoms in total. The first kappa shape index (κ1) is 25.7. The number of aromatic amines is 1. The molecule has 0 atom stereocenters. The number of methoxy groups -OCH3 is 1. The van der Waals surface area contributed by atoms with Gasteiger partial charge in [0.05, 0.1) is 31.7 Å². The molecule has 0 fully saturated rings. The van der Waals surface area contributed by atoms with Gasteiger partial charge in [0, 0.05) is 24.2 Å². The van der Waals surface area contributed by atoms with Gasteiger partial charge in [-0.25, -0.2) is 9.37 Å². The zero-order valence-electron chi connectivity index (χ0n) is 18.5.